The molecule has 0 unspecified atom stereocenters. The molecule has 1 aromatic carbocycles. The van der Waals surface area contributed by atoms with Crippen LogP contribution in [-0.4, -0.2) is 46.6 Å². The fourth-order valence-corrected chi connectivity index (χ4v) is 3.11. The van der Waals surface area contributed by atoms with Crippen LogP contribution in [-0.2, 0) is 19.5 Å². The highest BCUT2D eigenvalue weighted by molar-refractivity contribution is 5.94. The quantitative estimate of drug-likeness (QED) is 0.568. The lowest BCUT2D eigenvalue weighted by atomic mass is 10.0. The summed E-state index contributed by atoms with van der Waals surface area (Å²) in [6, 6.07) is 9.44. The molecule has 0 aliphatic carbocycles. The number of rotatable bonds is 6. The molecule has 5 N–H and O–H groups in total. The summed E-state index contributed by atoms with van der Waals surface area (Å²) in [5.41, 5.74) is 10.5. The Bertz CT molecular complexity index is 823. The molecule has 2 aromatic rings. The number of carbonyl (C=O) groups excluding carboxylic acids is 1. The minimum atomic E-state index is -1.10. The van der Waals surface area contributed by atoms with E-state index in [1.807, 2.05) is 18.2 Å². The lowest BCUT2D eigenvalue weighted by Gasteiger charge is -2.28. The second kappa shape index (κ2) is 8.50. The van der Waals surface area contributed by atoms with Gasteiger partial charge in [-0.3, -0.25) is 14.7 Å². The first kappa shape index (κ1) is 18.7. The van der Waals surface area contributed by atoms with Gasteiger partial charge in [0.05, 0.1) is 11.9 Å². The van der Waals surface area contributed by atoms with Crippen LogP contribution >= 0.6 is 0 Å². The van der Waals surface area contributed by atoms with E-state index >= 15 is 0 Å². The van der Waals surface area contributed by atoms with Gasteiger partial charge in [0.1, 0.15) is 0 Å². The van der Waals surface area contributed by atoms with Gasteiger partial charge in [-0.15, -0.1) is 0 Å². The third-order valence-electron chi connectivity index (χ3n) is 4.45. The molecule has 3 rings (SSSR count). The number of nitrogen functional groups attached to an aromatic ring is 1. The Morgan fingerprint density at radius 1 is 1.19 bits per heavy atom. The van der Waals surface area contributed by atoms with E-state index in [-0.39, 0.29) is 19.0 Å². The van der Waals surface area contributed by atoms with E-state index < -0.39 is 6.09 Å². The Morgan fingerprint density at radius 2 is 1.93 bits per heavy atom. The summed E-state index contributed by atoms with van der Waals surface area (Å²) in [6.45, 7) is 2.96. The smallest absolute Gasteiger partial charge is 0.404 e. The highest BCUT2D eigenvalue weighted by Crippen LogP contribution is 2.20. The van der Waals surface area contributed by atoms with Gasteiger partial charge in [0.2, 0.25) is 0 Å². The highest BCUT2D eigenvalue weighted by atomic mass is 16.4. The maximum atomic E-state index is 12.0. The lowest BCUT2D eigenvalue weighted by molar-refractivity contribution is 0.0953. The molecular formula is C19H23N5O3. The molecule has 0 fully saturated rings. The summed E-state index contributed by atoms with van der Waals surface area (Å²) in [5, 5.41) is 13.4. The molecule has 2 heterocycles. The molecule has 1 aliphatic rings. The zero-order valence-corrected chi connectivity index (χ0v) is 14.9. The molecule has 0 spiro atoms. The Balaban J connectivity index is 1.52. The zero-order valence-electron chi connectivity index (χ0n) is 14.9. The number of fused-ring (bicyclic) bond motifs is 1. The first-order valence-corrected chi connectivity index (χ1v) is 8.81. The van der Waals surface area contributed by atoms with Gasteiger partial charge in [0.25, 0.3) is 5.91 Å². The van der Waals surface area contributed by atoms with E-state index in [4.69, 9.17) is 10.8 Å². The van der Waals surface area contributed by atoms with Crippen molar-refractivity contribution in [1.29, 1.82) is 0 Å². The number of pyridine rings is 1. The Hall–Kier alpha value is -3.13. The van der Waals surface area contributed by atoms with Crippen molar-refractivity contribution in [1.82, 2.24) is 20.5 Å². The summed E-state index contributed by atoms with van der Waals surface area (Å²) < 4.78 is 0. The third-order valence-corrected chi connectivity index (χ3v) is 4.45. The van der Waals surface area contributed by atoms with E-state index in [9.17, 15) is 9.59 Å². The largest absolute Gasteiger partial charge is 0.465 e. The number of hydrogen-bond acceptors (Lipinski definition) is 5. The normalized spacial score (nSPS) is 13.6. The summed E-state index contributed by atoms with van der Waals surface area (Å²) in [7, 11) is 0. The maximum absolute atomic E-state index is 12.0. The predicted molar refractivity (Wildman–Crippen MR) is 101 cm³/mol. The molecule has 1 aliphatic heterocycles. The first-order chi connectivity index (χ1) is 13.0. The molecular weight excluding hydrogens is 346 g/mol. The average molecular weight is 369 g/mol. The maximum Gasteiger partial charge on any atom is 0.404 e. The van der Waals surface area contributed by atoms with E-state index in [0.717, 1.165) is 37.3 Å². The fourth-order valence-electron chi connectivity index (χ4n) is 3.11. The molecule has 0 saturated heterocycles. The molecule has 27 heavy (non-hydrogen) atoms. The molecule has 0 radical (unpaired) electrons. The number of hydrogen-bond donors (Lipinski definition) is 4. The van der Waals surface area contributed by atoms with Crippen molar-refractivity contribution in [3.8, 4) is 0 Å². The van der Waals surface area contributed by atoms with Gasteiger partial charge < -0.3 is 21.5 Å². The van der Waals surface area contributed by atoms with Crippen LogP contribution in [0.5, 0.6) is 0 Å². The van der Waals surface area contributed by atoms with Gasteiger partial charge in [-0.25, -0.2) is 4.79 Å². The number of benzene rings is 1. The van der Waals surface area contributed by atoms with Crippen LogP contribution in [0.1, 0.15) is 27.2 Å². The van der Waals surface area contributed by atoms with Crippen LogP contribution < -0.4 is 16.4 Å². The summed E-state index contributed by atoms with van der Waals surface area (Å²) >= 11 is 0. The van der Waals surface area contributed by atoms with Crippen LogP contribution in [0.3, 0.4) is 0 Å². The van der Waals surface area contributed by atoms with Crippen LogP contribution in [0, 0.1) is 0 Å². The first-order valence-electron chi connectivity index (χ1n) is 8.81. The Labute approximate surface area is 157 Å². The topological polar surface area (TPSA) is 121 Å². The van der Waals surface area contributed by atoms with Gasteiger partial charge in [0, 0.05) is 50.4 Å². The van der Waals surface area contributed by atoms with Crippen molar-refractivity contribution in [3.05, 3.63) is 58.9 Å². The van der Waals surface area contributed by atoms with E-state index in [2.05, 4.69) is 20.5 Å². The average Bonchev–Trinajstić information content (AvgIpc) is 2.65. The van der Waals surface area contributed by atoms with Crippen LogP contribution in [0.2, 0.25) is 0 Å². The van der Waals surface area contributed by atoms with Crippen molar-refractivity contribution < 1.29 is 14.7 Å². The van der Waals surface area contributed by atoms with Crippen LogP contribution in [0.15, 0.2) is 36.5 Å². The van der Waals surface area contributed by atoms with Gasteiger partial charge in [-0.1, -0.05) is 12.1 Å². The molecule has 8 nitrogen and oxygen atoms in total. The molecule has 0 bridgehead atoms. The molecule has 142 valence electrons. The van der Waals surface area contributed by atoms with Gasteiger partial charge in [0.15, 0.2) is 0 Å². The second-order valence-corrected chi connectivity index (χ2v) is 6.52. The third kappa shape index (κ3) is 5.18. The molecule has 8 heteroatoms. The second-order valence-electron chi connectivity index (χ2n) is 6.52. The summed E-state index contributed by atoms with van der Waals surface area (Å²) in [5.74, 6) is -0.220. The fraction of sp³-hybridized carbons (Fsp3) is 0.316. The van der Waals surface area contributed by atoms with Crippen LogP contribution in [0.25, 0.3) is 0 Å². The number of amides is 2. The van der Waals surface area contributed by atoms with Gasteiger partial charge >= 0.3 is 6.09 Å². The van der Waals surface area contributed by atoms with Crippen molar-refractivity contribution in [3.63, 3.8) is 0 Å². The van der Waals surface area contributed by atoms with Crippen molar-refractivity contribution in [2.45, 2.75) is 19.5 Å². The van der Waals surface area contributed by atoms with E-state index in [0.29, 0.717) is 11.3 Å². The molecule has 1 aromatic heterocycles. The van der Waals surface area contributed by atoms with Crippen LogP contribution in [0.4, 0.5) is 10.5 Å². The minimum absolute atomic E-state index is 0.176. The van der Waals surface area contributed by atoms with Crippen molar-refractivity contribution in [2.24, 2.45) is 0 Å². The van der Waals surface area contributed by atoms with Crippen molar-refractivity contribution >= 4 is 17.7 Å². The van der Waals surface area contributed by atoms with Crippen molar-refractivity contribution in [2.75, 3.05) is 25.4 Å². The lowest BCUT2D eigenvalue weighted by Crippen LogP contribution is -2.34. The highest BCUT2D eigenvalue weighted by Gasteiger charge is 2.17. The number of carboxylic acid groups (broad SMARTS) is 1. The van der Waals surface area contributed by atoms with E-state index in [1.54, 1.807) is 18.3 Å². The predicted octanol–water partition coefficient (Wildman–Crippen LogP) is 1.22. The molecule has 0 saturated carbocycles. The number of carbonyl (C=O) groups is 2. The standard InChI is InChI=1S/C19H23N5O3/c20-16-9-15-12-24(8-5-17(15)23-10-16)11-13-1-3-14(4-2-13)18(25)21-6-7-22-19(26)27/h1-4,9-10,22H,5-8,11-12,20H2,(H,21,25)(H,26,27). The number of aromatic nitrogens is 1. The van der Waals surface area contributed by atoms with Gasteiger partial charge in [-0.2, -0.15) is 0 Å². The number of anilines is 1. The SMILES string of the molecule is Nc1cnc2c(c1)CN(Cc1ccc(C(=O)NCCNC(=O)O)cc1)CC2. The number of nitrogens with two attached hydrogens (primary N) is 1. The van der Waals surface area contributed by atoms with Gasteiger partial charge in [-0.05, 0) is 29.3 Å². The molecule has 0 atom stereocenters. The Morgan fingerprint density at radius 3 is 2.67 bits per heavy atom. The summed E-state index contributed by atoms with van der Waals surface area (Å²) in [6.07, 6.45) is 1.50. The van der Waals surface area contributed by atoms with E-state index in [1.165, 1.54) is 5.56 Å². The summed E-state index contributed by atoms with van der Waals surface area (Å²) in [4.78, 5) is 29.1. The molecule has 2 amide bonds. The Kier molecular flexibility index (Phi) is 5.87. The minimum Gasteiger partial charge on any atom is -0.465 e. The number of nitrogens with one attached hydrogen (secondary N) is 2. The zero-order chi connectivity index (χ0) is 19.2. The number of nitrogens with zero attached hydrogens (tertiary/aromatic N) is 2. The monoisotopic (exact) mass is 369 g/mol.